The zero-order valence-corrected chi connectivity index (χ0v) is 13.7. The molecular weight excluding hydrogens is 330 g/mol. The Labute approximate surface area is 138 Å². The van der Waals surface area contributed by atoms with Crippen molar-refractivity contribution >= 4 is 16.1 Å². The zero-order chi connectivity index (χ0) is 17.2. The van der Waals surface area contributed by atoms with E-state index in [1.54, 1.807) is 7.11 Å². The van der Waals surface area contributed by atoms with Gasteiger partial charge in [-0.1, -0.05) is 12.1 Å². The highest BCUT2D eigenvalue weighted by Crippen LogP contribution is 2.11. The van der Waals surface area contributed by atoms with Crippen LogP contribution in [0.1, 0.15) is 5.56 Å². The van der Waals surface area contributed by atoms with Crippen molar-refractivity contribution in [2.45, 2.75) is 11.3 Å². The fourth-order valence-corrected chi connectivity index (χ4v) is 3.34. The van der Waals surface area contributed by atoms with Crippen molar-refractivity contribution < 1.29 is 17.9 Å². The molecule has 0 atom stereocenters. The summed E-state index contributed by atoms with van der Waals surface area (Å²) in [5, 5.41) is 0.662. The highest BCUT2D eigenvalue weighted by molar-refractivity contribution is 7.89. The zero-order valence-electron chi connectivity index (χ0n) is 12.9. The number of carbonyl (C=O) groups excluding carboxylic acids is 1. The Hall–Kier alpha value is -2.58. The van der Waals surface area contributed by atoms with Gasteiger partial charge >= 0.3 is 6.03 Å². The fourth-order valence-electron chi connectivity index (χ4n) is 2.29. The molecule has 1 heterocycles. The molecule has 0 unspecified atom stereocenters. The molecule has 3 rings (SSSR count). The third-order valence-corrected chi connectivity index (χ3v) is 5.01. The van der Waals surface area contributed by atoms with E-state index in [-0.39, 0.29) is 16.8 Å². The third kappa shape index (κ3) is 3.50. The summed E-state index contributed by atoms with van der Waals surface area (Å²) in [7, 11) is -2.08. The van der Waals surface area contributed by atoms with Crippen LogP contribution in [0.25, 0.3) is 0 Å². The number of urea groups is 1. The van der Waals surface area contributed by atoms with E-state index in [0.29, 0.717) is 11.8 Å². The van der Waals surface area contributed by atoms with Crippen molar-refractivity contribution in [3.63, 3.8) is 0 Å². The predicted molar refractivity (Wildman–Crippen MR) is 86.0 cm³/mol. The molecule has 0 aromatic heterocycles. The van der Waals surface area contributed by atoms with Gasteiger partial charge < -0.3 is 4.74 Å². The van der Waals surface area contributed by atoms with Crippen LogP contribution < -0.4 is 20.2 Å². The Morgan fingerprint density at radius 1 is 1.04 bits per heavy atom. The Morgan fingerprint density at radius 2 is 1.75 bits per heavy atom. The number of carbonyl (C=O) groups is 1. The normalized spacial score (nSPS) is 13.1. The lowest BCUT2D eigenvalue weighted by Crippen LogP contribution is -2.29. The second-order valence-corrected chi connectivity index (χ2v) is 6.92. The van der Waals surface area contributed by atoms with Crippen LogP contribution in [-0.4, -0.2) is 28.1 Å². The summed E-state index contributed by atoms with van der Waals surface area (Å²) in [5.74, 6) is 0.751. The van der Waals surface area contributed by atoms with Crippen LogP contribution in [0.15, 0.2) is 57.3 Å². The van der Waals surface area contributed by atoms with Crippen molar-refractivity contribution in [3.8, 4) is 5.75 Å². The first-order chi connectivity index (χ1) is 11.5. The van der Waals surface area contributed by atoms with Gasteiger partial charge in [0.1, 0.15) is 5.75 Å². The Balaban J connectivity index is 1.68. The molecule has 0 saturated carbocycles. The van der Waals surface area contributed by atoms with Gasteiger partial charge in [-0.25, -0.2) is 17.9 Å². The average Bonchev–Trinajstić information content (AvgIpc) is 2.94. The second kappa shape index (κ2) is 6.50. The maximum Gasteiger partial charge on any atom is 0.368 e. The number of fused-ring (bicyclic) bond motifs is 1. The number of rotatable bonds is 6. The largest absolute Gasteiger partial charge is 0.497 e. The van der Waals surface area contributed by atoms with Crippen LogP contribution in [0.4, 0.5) is 4.79 Å². The van der Waals surface area contributed by atoms with Crippen LogP contribution >= 0.6 is 0 Å². The smallest absolute Gasteiger partial charge is 0.368 e. The summed E-state index contributed by atoms with van der Waals surface area (Å²) >= 11 is 0. The quantitative estimate of drug-likeness (QED) is 0.828. The number of amides is 2. The van der Waals surface area contributed by atoms with Crippen molar-refractivity contribution in [1.29, 1.82) is 0 Å². The standard InChI is InChI=1S/C16H15N3O4S/c1-23-12-4-2-11(3-5-12)8-9-17-24(21,22)13-6-7-14-15(10-13)19-16(20)18-14/h2-7,10,17H,8-9H2,1H3. The monoisotopic (exact) mass is 345 g/mol. The maximum absolute atomic E-state index is 12.3. The number of benzene rings is 2. The number of nitrogens with zero attached hydrogens (tertiary/aromatic N) is 2. The molecule has 0 radical (unpaired) electrons. The van der Waals surface area contributed by atoms with Gasteiger partial charge in [0.2, 0.25) is 10.0 Å². The Kier molecular flexibility index (Phi) is 4.41. The molecule has 124 valence electrons. The maximum atomic E-state index is 12.3. The minimum Gasteiger partial charge on any atom is -0.497 e. The molecule has 2 aromatic rings. The van der Waals surface area contributed by atoms with E-state index >= 15 is 0 Å². The number of nitrogens with one attached hydrogen (secondary N) is 1. The van der Waals surface area contributed by atoms with Crippen LogP contribution in [-0.2, 0) is 16.4 Å². The number of hydrogen-bond donors (Lipinski definition) is 1. The number of sulfonamides is 1. The summed E-state index contributed by atoms with van der Waals surface area (Å²) in [4.78, 5) is 18.5. The molecule has 0 spiro atoms. The van der Waals surface area contributed by atoms with E-state index in [4.69, 9.17) is 4.74 Å². The van der Waals surface area contributed by atoms with E-state index in [0.717, 1.165) is 11.3 Å². The van der Waals surface area contributed by atoms with Gasteiger partial charge in [-0.3, -0.25) is 0 Å². The van der Waals surface area contributed by atoms with Crippen LogP contribution in [0, 0.1) is 0 Å². The van der Waals surface area contributed by atoms with E-state index < -0.39 is 16.1 Å². The molecule has 2 amide bonds. The van der Waals surface area contributed by atoms with Gasteiger partial charge in [-0.05, 0) is 42.3 Å². The molecule has 1 aliphatic heterocycles. The number of methoxy groups -OCH3 is 1. The summed E-state index contributed by atoms with van der Waals surface area (Å²) in [6.07, 6.45) is 0.548. The molecule has 2 aromatic carbocycles. The molecule has 0 fully saturated rings. The first kappa shape index (κ1) is 16.3. The van der Waals surface area contributed by atoms with Gasteiger partial charge in [-0.15, -0.1) is 0 Å². The van der Waals surface area contributed by atoms with Crippen molar-refractivity contribution in [2.24, 2.45) is 9.98 Å². The average molecular weight is 345 g/mol. The number of hydrogen-bond acceptors (Lipinski definition) is 4. The number of ether oxygens (including phenoxy) is 1. The van der Waals surface area contributed by atoms with Crippen LogP contribution in [0.3, 0.4) is 0 Å². The Bertz CT molecular complexity index is 999. The van der Waals surface area contributed by atoms with Crippen LogP contribution in [0.2, 0.25) is 0 Å². The van der Waals surface area contributed by atoms with Gasteiger partial charge in [0, 0.05) is 6.54 Å². The highest BCUT2D eigenvalue weighted by Gasteiger charge is 2.15. The van der Waals surface area contributed by atoms with Gasteiger partial charge in [0.25, 0.3) is 0 Å². The molecular formula is C16H15N3O4S. The van der Waals surface area contributed by atoms with Crippen LogP contribution in [0.5, 0.6) is 5.75 Å². The van der Waals surface area contributed by atoms with Gasteiger partial charge in [0.15, 0.2) is 0 Å². The van der Waals surface area contributed by atoms with Crippen molar-refractivity contribution in [2.75, 3.05) is 13.7 Å². The van der Waals surface area contributed by atoms with Gasteiger partial charge in [0.05, 0.1) is 22.7 Å². The molecule has 8 heteroatoms. The van der Waals surface area contributed by atoms with E-state index in [1.165, 1.54) is 18.2 Å². The van der Waals surface area contributed by atoms with E-state index in [9.17, 15) is 13.2 Å². The minimum atomic E-state index is -3.67. The lowest BCUT2D eigenvalue weighted by molar-refractivity contribution is 0.256. The first-order valence-corrected chi connectivity index (χ1v) is 8.70. The highest BCUT2D eigenvalue weighted by atomic mass is 32.2. The lowest BCUT2D eigenvalue weighted by atomic mass is 10.1. The minimum absolute atomic E-state index is 0.0598. The summed E-state index contributed by atoms with van der Waals surface area (Å²) in [6.45, 7) is 0.256. The van der Waals surface area contributed by atoms with Gasteiger partial charge in [-0.2, -0.15) is 9.98 Å². The topological polar surface area (TPSA) is 97.2 Å². The second-order valence-electron chi connectivity index (χ2n) is 5.15. The Morgan fingerprint density at radius 3 is 2.46 bits per heavy atom. The SMILES string of the molecule is COc1ccc(CCNS(=O)(=O)c2ccc3c(c2)=NC(=O)N=3)cc1. The molecule has 1 N–H and O–H groups in total. The molecule has 0 saturated heterocycles. The van der Waals surface area contributed by atoms with Crippen molar-refractivity contribution in [1.82, 2.24) is 4.72 Å². The third-order valence-electron chi connectivity index (χ3n) is 3.55. The van der Waals surface area contributed by atoms with E-state index in [2.05, 4.69) is 14.7 Å². The summed E-state index contributed by atoms with van der Waals surface area (Å²) < 4.78 is 32.2. The molecule has 24 heavy (non-hydrogen) atoms. The molecule has 0 aliphatic carbocycles. The first-order valence-electron chi connectivity index (χ1n) is 7.22. The summed E-state index contributed by atoms with van der Waals surface area (Å²) in [5.41, 5.74) is 0.992. The molecule has 0 bridgehead atoms. The van der Waals surface area contributed by atoms with E-state index in [1.807, 2.05) is 24.3 Å². The predicted octanol–water partition coefficient (Wildman–Crippen LogP) is 0.589. The fraction of sp³-hybridized carbons (Fsp3) is 0.188. The van der Waals surface area contributed by atoms with Crippen molar-refractivity contribution in [3.05, 3.63) is 58.7 Å². The molecule has 7 nitrogen and oxygen atoms in total. The molecule has 1 aliphatic rings. The summed E-state index contributed by atoms with van der Waals surface area (Å²) in [6, 6.07) is 11.0. The lowest BCUT2D eigenvalue weighted by Gasteiger charge is -2.07.